The third-order valence-electron chi connectivity index (χ3n) is 5.78. The molecule has 1 saturated heterocycles. The van der Waals surface area contributed by atoms with Crippen molar-refractivity contribution in [2.24, 2.45) is 0 Å². The van der Waals surface area contributed by atoms with E-state index in [1.807, 2.05) is 30.3 Å². The minimum Gasteiger partial charge on any atom is -0.387 e. The van der Waals surface area contributed by atoms with Gasteiger partial charge in [0.2, 0.25) is 0 Å². The van der Waals surface area contributed by atoms with Gasteiger partial charge < -0.3 is 15.2 Å². The van der Waals surface area contributed by atoms with Gasteiger partial charge in [-0.2, -0.15) is 0 Å². The number of halogens is 1. The second kappa shape index (κ2) is 11.3. The molecule has 3 nitrogen and oxygen atoms in total. The van der Waals surface area contributed by atoms with Gasteiger partial charge in [-0.15, -0.1) is 12.4 Å². The van der Waals surface area contributed by atoms with Crippen molar-refractivity contribution in [3.05, 3.63) is 108 Å². The Balaban J connectivity index is 0.00000256. The Morgan fingerprint density at radius 2 is 1.27 bits per heavy atom. The predicted octanol–water partition coefficient (Wildman–Crippen LogP) is 5.11. The van der Waals surface area contributed by atoms with Crippen LogP contribution in [-0.2, 0) is 4.74 Å². The number of aliphatic hydroxyl groups is 1. The number of benzene rings is 3. The lowest BCUT2D eigenvalue weighted by Crippen LogP contribution is -2.43. The highest BCUT2D eigenvalue weighted by atomic mass is 35.5. The lowest BCUT2D eigenvalue weighted by molar-refractivity contribution is -0.0134. The van der Waals surface area contributed by atoms with Crippen LogP contribution in [0, 0.1) is 0 Å². The van der Waals surface area contributed by atoms with Crippen LogP contribution in [0.3, 0.4) is 0 Å². The molecule has 4 heteroatoms. The molecule has 0 spiro atoms. The van der Waals surface area contributed by atoms with E-state index in [2.05, 4.69) is 66.0 Å². The first-order chi connectivity index (χ1) is 14.3. The number of ether oxygens (including phenoxy) is 1. The molecule has 0 aliphatic carbocycles. The Bertz CT molecular complexity index is 812. The maximum atomic E-state index is 10.4. The summed E-state index contributed by atoms with van der Waals surface area (Å²) in [7, 11) is 0. The highest BCUT2D eigenvalue weighted by Crippen LogP contribution is 2.34. The minimum absolute atomic E-state index is 0. The Morgan fingerprint density at radius 3 is 1.73 bits per heavy atom. The van der Waals surface area contributed by atoms with Crippen molar-refractivity contribution in [1.29, 1.82) is 0 Å². The molecule has 0 amide bonds. The van der Waals surface area contributed by atoms with Gasteiger partial charge in [-0.05, 0) is 29.5 Å². The highest BCUT2D eigenvalue weighted by Gasteiger charge is 2.30. The molecule has 158 valence electrons. The molecule has 1 aliphatic heterocycles. The Morgan fingerprint density at radius 1 is 0.767 bits per heavy atom. The summed E-state index contributed by atoms with van der Waals surface area (Å²) in [6.07, 6.45) is 1.71. The van der Waals surface area contributed by atoms with Gasteiger partial charge in [-0.25, -0.2) is 0 Å². The van der Waals surface area contributed by atoms with Crippen LogP contribution in [0.25, 0.3) is 0 Å². The zero-order valence-electron chi connectivity index (χ0n) is 17.1. The number of hydrogen-bond donors (Lipinski definition) is 2. The van der Waals surface area contributed by atoms with Crippen LogP contribution in [0.1, 0.15) is 41.6 Å². The first-order valence-electron chi connectivity index (χ1n) is 10.5. The van der Waals surface area contributed by atoms with E-state index in [9.17, 15) is 5.11 Å². The summed E-state index contributed by atoms with van der Waals surface area (Å²) in [6.45, 7) is 1.21. The zero-order chi connectivity index (χ0) is 19.9. The van der Waals surface area contributed by atoms with Gasteiger partial charge in [-0.1, -0.05) is 91.0 Å². The van der Waals surface area contributed by atoms with Crippen LogP contribution in [-0.4, -0.2) is 30.4 Å². The van der Waals surface area contributed by atoms with E-state index in [4.69, 9.17) is 4.74 Å². The number of nitrogens with one attached hydrogen (secondary N) is 1. The molecule has 3 aromatic rings. The van der Waals surface area contributed by atoms with Crippen molar-refractivity contribution < 1.29 is 9.84 Å². The van der Waals surface area contributed by atoms with E-state index in [-0.39, 0.29) is 30.5 Å². The molecule has 3 aromatic carbocycles. The smallest absolute Gasteiger partial charge is 0.0914 e. The summed E-state index contributed by atoms with van der Waals surface area (Å²) in [5.74, 6) is 0.244. The second-order valence-corrected chi connectivity index (χ2v) is 7.78. The summed E-state index contributed by atoms with van der Waals surface area (Å²) < 4.78 is 6.36. The SMILES string of the molecule is Cl.O[C@H](CN[C@H]1CC[C@@H](C(c2ccccc2)c2ccccc2)OC1)c1ccccc1. The number of aliphatic hydroxyl groups excluding tert-OH is 1. The average molecular weight is 424 g/mol. The van der Waals surface area contributed by atoms with E-state index >= 15 is 0 Å². The number of rotatable bonds is 7. The molecule has 3 atom stereocenters. The molecule has 0 unspecified atom stereocenters. The molecule has 1 fully saturated rings. The molecule has 1 aliphatic rings. The van der Waals surface area contributed by atoms with Crippen molar-refractivity contribution in [3.8, 4) is 0 Å². The van der Waals surface area contributed by atoms with Gasteiger partial charge in [-0.3, -0.25) is 0 Å². The summed E-state index contributed by atoms with van der Waals surface area (Å²) in [6, 6.07) is 31.4. The maximum absolute atomic E-state index is 10.4. The Kier molecular flexibility index (Phi) is 8.47. The molecule has 0 bridgehead atoms. The largest absolute Gasteiger partial charge is 0.387 e. The lowest BCUT2D eigenvalue weighted by Gasteiger charge is -2.35. The predicted molar refractivity (Wildman–Crippen MR) is 124 cm³/mol. The second-order valence-electron chi connectivity index (χ2n) is 7.78. The van der Waals surface area contributed by atoms with Crippen molar-refractivity contribution in [2.75, 3.05) is 13.2 Å². The molecule has 0 saturated carbocycles. The summed E-state index contributed by atoms with van der Waals surface area (Å²) in [5, 5.41) is 13.9. The van der Waals surface area contributed by atoms with Crippen molar-refractivity contribution in [3.63, 3.8) is 0 Å². The highest BCUT2D eigenvalue weighted by molar-refractivity contribution is 5.85. The Labute approximate surface area is 185 Å². The van der Waals surface area contributed by atoms with Crippen LogP contribution in [0.2, 0.25) is 0 Å². The van der Waals surface area contributed by atoms with E-state index in [0.717, 1.165) is 18.4 Å². The van der Waals surface area contributed by atoms with Crippen LogP contribution < -0.4 is 5.32 Å². The van der Waals surface area contributed by atoms with Gasteiger partial charge in [0.05, 0.1) is 18.8 Å². The van der Waals surface area contributed by atoms with Gasteiger partial charge >= 0.3 is 0 Å². The first kappa shape index (κ1) is 22.5. The van der Waals surface area contributed by atoms with E-state index < -0.39 is 6.10 Å². The quantitative estimate of drug-likeness (QED) is 0.554. The molecule has 30 heavy (non-hydrogen) atoms. The van der Waals surface area contributed by atoms with Gasteiger partial charge in [0.15, 0.2) is 0 Å². The molecule has 1 heterocycles. The van der Waals surface area contributed by atoms with Gasteiger partial charge in [0, 0.05) is 18.5 Å². The normalized spacial score (nSPS) is 19.8. The van der Waals surface area contributed by atoms with Gasteiger partial charge in [0.25, 0.3) is 0 Å². The molecule has 0 radical (unpaired) electrons. The molecule has 2 N–H and O–H groups in total. The maximum Gasteiger partial charge on any atom is 0.0914 e. The average Bonchev–Trinajstić information content (AvgIpc) is 2.80. The van der Waals surface area contributed by atoms with E-state index in [1.165, 1.54) is 11.1 Å². The molecular formula is C26H30ClNO2. The van der Waals surface area contributed by atoms with Crippen molar-refractivity contribution in [2.45, 2.75) is 37.0 Å². The van der Waals surface area contributed by atoms with E-state index in [0.29, 0.717) is 13.2 Å². The summed E-state index contributed by atoms with van der Waals surface area (Å²) in [4.78, 5) is 0. The fraction of sp³-hybridized carbons (Fsp3) is 0.308. The third-order valence-corrected chi connectivity index (χ3v) is 5.78. The minimum atomic E-state index is -0.490. The van der Waals surface area contributed by atoms with Crippen LogP contribution in [0.5, 0.6) is 0 Å². The fourth-order valence-corrected chi connectivity index (χ4v) is 4.21. The topological polar surface area (TPSA) is 41.5 Å². The van der Waals surface area contributed by atoms with Crippen LogP contribution in [0.4, 0.5) is 0 Å². The lowest BCUT2D eigenvalue weighted by atomic mass is 9.83. The molecule has 4 rings (SSSR count). The van der Waals surface area contributed by atoms with Crippen molar-refractivity contribution in [1.82, 2.24) is 5.32 Å². The zero-order valence-corrected chi connectivity index (χ0v) is 17.9. The third kappa shape index (κ3) is 5.71. The summed E-state index contributed by atoms with van der Waals surface area (Å²) >= 11 is 0. The monoisotopic (exact) mass is 423 g/mol. The van der Waals surface area contributed by atoms with Crippen LogP contribution in [0.15, 0.2) is 91.0 Å². The number of hydrogen-bond acceptors (Lipinski definition) is 3. The first-order valence-corrected chi connectivity index (χ1v) is 10.5. The van der Waals surface area contributed by atoms with Crippen LogP contribution >= 0.6 is 12.4 Å². The fourth-order valence-electron chi connectivity index (χ4n) is 4.21. The van der Waals surface area contributed by atoms with Gasteiger partial charge in [0.1, 0.15) is 0 Å². The Hall–Kier alpha value is -2.17. The standard InChI is InChI=1S/C26H29NO2.ClH/c28-24(20-10-4-1-5-11-20)18-27-23-16-17-25(29-19-23)26(21-12-6-2-7-13-21)22-14-8-3-9-15-22;/h1-15,23-28H,16-19H2;1H/t23-,24+,25-;/m0./s1. The molecular weight excluding hydrogens is 394 g/mol. The summed E-state index contributed by atoms with van der Waals surface area (Å²) in [5.41, 5.74) is 3.55. The van der Waals surface area contributed by atoms with E-state index in [1.54, 1.807) is 0 Å². The molecule has 0 aromatic heterocycles. The van der Waals surface area contributed by atoms with Crippen molar-refractivity contribution >= 4 is 12.4 Å².